The van der Waals surface area contributed by atoms with Gasteiger partial charge < -0.3 is 39.6 Å². The highest BCUT2D eigenvalue weighted by molar-refractivity contribution is 7.14. The van der Waals surface area contributed by atoms with Crippen molar-refractivity contribution in [1.82, 2.24) is 20.5 Å². The number of anilines is 1. The first-order valence-electron chi connectivity index (χ1n) is 18.2. The summed E-state index contributed by atoms with van der Waals surface area (Å²) >= 11 is 1.21. The highest BCUT2D eigenvalue weighted by atomic mass is 32.1. The molecule has 1 saturated heterocycles. The largest absolute Gasteiger partial charge is 0.497 e. The molecule has 3 aromatic rings. The quantitative estimate of drug-likeness (QED) is 0.164. The fraction of sp³-hybridized carbons (Fsp3) is 0.487. The number of aliphatic carboxylic acids is 1. The molecule has 294 valence electrons. The second kappa shape index (κ2) is 15.8. The van der Waals surface area contributed by atoms with Crippen LogP contribution in [0.25, 0.3) is 22.0 Å². The Labute approximate surface area is 322 Å². The number of carboxylic acids is 1. The van der Waals surface area contributed by atoms with Crippen LogP contribution in [0.3, 0.4) is 0 Å². The van der Waals surface area contributed by atoms with Crippen molar-refractivity contribution in [3.63, 3.8) is 0 Å². The van der Waals surface area contributed by atoms with Gasteiger partial charge in [0.25, 0.3) is 0 Å². The zero-order valence-corrected chi connectivity index (χ0v) is 32.3. The van der Waals surface area contributed by atoms with Crippen molar-refractivity contribution in [2.24, 2.45) is 11.3 Å². The van der Waals surface area contributed by atoms with Gasteiger partial charge in [-0.2, -0.15) is 0 Å². The van der Waals surface area contributed by atoms with Crippen LogP contribution in [0.1, 0.15) is 59.3 Å². The number of hydrogen-bond donors (Lipinski definition) is 4. The van der Waals surface area contributed by atoms with Crippen molar-refractivity contribution in [2.45, 2.75) is 89.1 Å². The smallest absolute Gasteiger partial charge is 0.413 e. The minimum absolute atomic E-state index is 0.0290. The molecular formula is C39H47N5O10S. The number of hydrogen-bond acceptors (Lipinski definition) is 11. The molecule has 6 rings (SSSR count). The summed E-state index contributed by atoms with van der Waals surface area (Å²) in [7, 11) is 2.82. The van der Waals surface area contributed by atoms with Crippen LogP contribution in [0.5, 0.6) is 11.5 Å². The number of nitrogens with zero attached hydrogens (tertiary/aromatic N) is 2. The molecule has 3 aliphatic rings. The molecule has 2 heterocycles. The van der Waals surface area contributed by atoms with Crippen LogP contribution < -0.4 is 25.4 Å². The molecule has 0 bridgehead atoms. The van der Waals surface area contributed by atoms with Gasteiger partial charge in [0, 0.05) is 28.7 Å². The molecule has 3 fully saturated rings. The first kappa shape index (κ1) is 39.3. The first-order valence-corrected chi connectivity index (χ1v) is 19.1. The Bertz CT molecular complexity index is 1990. The van der Waals surface area contributed by atoms with Gasteiger partial charge in [0.15, 0.2) is 5.13 Å². The van der Waals surface area contributed by atoms with Gasteiger partial charge in [0.05, 0.1) is 26.5 Å². The van der Waals surface area contributed by atoms with Crippen LogP contribution in [-0.2, 0) is 23.9 Å². The van der Waals surface area contributed by atoms with E-state index in [1.165, 1.54) is 29.4 Å². The van der Waals surface area contributed by atoms with E-state index >= 15 is 0 Å². The van der Waals surface area contributed by atoms with Gasteiger partial charge in [-0.15, -0.1) is 17.9 Å². The summed E-state index contributed by atoms with van der Waals surface area (Å²) in [5, 5.41) is 21.7. The molecule has 1 aromatic heterocycles. The summed E-state index contributed by atoms with van der Waals surface area (Å²) in [5.74, 6) is -1.80. The third-order valence-corrected chi connectivity index (χ3v) is 11.2. The van der Waals surface area contributed by atoms with Gasteiger partial charge in [0.1, 0.15) is 41.3 Å². The first-order chi connectivity index (χ1) is 26.1. The third kappa shape index (κ3) is 8.48. The Kier molecular flexibility index (Phi) is 11.3. The van der Waals surface area contributed by atoms with E-state index in [0.717, 1.165) is 36.5 Å². The number of carbonyl (C=O) groups excluding carboxylic acids is 4. The number of nitrogens with one attached hydrogen (secondary N) is 3. The molecule has 2 aromatic carbocycles. The average molecular weight is 778 g/mol. The SMILES string of the molecule is C=CC1CC1(NC(=O)C1CC(Oc2cc(-c3csc(NC(=O)OC)n3)cc3cc(OC)ccc23)CN1C(=O)C(NC(=O)OC1CCCC1)C(C)(C)C)C(=O)O. The molecular weight excluding hydrogens is 731 g/mol. The Hall–Kier alpha value is -5.38. The number of aromatic nitrogens is 1. The lowest BCUT2D eigenvalue weighted by molar-refractivity contribution is -0.146. The normalized spacial score (nSPS) is 22.7. The maximum absolute atomic E-state index is 14.6. The van der Waals surface area contributed by atoms with Crippen molar-refractivity contribution in [3.8, 4) is 22.8 Å². The summed E-state index contributed by atoms with van der Waals surface area (Å²) in [4.78, 5) is 71.8. The molecule has 2 aliphatic carbocycles. The summed E-state index contributed by atoms with van der Waals surface area (Å²) in [6.45, 7) is 9.09. The molecule has 16 heteroatoms. The minimum atomic E-state index is -1.53. The predicted molar refractivity (Wildman–Crippen MR) is 204 cm³/mol. The van der Waals surface area contributed by atoms with Gasteiger partial charge in [-0.25, -0.2) is 19.4 Å². The van der Waals surface area contributed by atoms with Gasteiger partial charge >= 0.3 is 18.2 Å². The van der Waals surface area contributed by atoms with E-state index in [1.54, 1.807) is 45.4 Å². The number of ether oxygens (including phenoxy) is 4. The molecule has 55 heavy (non-hydrogen) atoms. The maximum Gasteiger partial charge on any atom is 0.413 e. The molecule has 5 atom stereocenters. The van der Waals surface area contributed by atoms with Crippen molar-refractivity contribution >= 4 is 57.2 Å². The van der Waals surface area contributed by atoms with Gasteiger partial charge in [-0.05, 0) is 73.2 Å². The van der Waals surface area contributed by atoms with Crippen LogP contribution in [0.2, 0.25) is 0 Å². The second-order valence-electron chi connectivity index (χ2n) is 15.3. The van der Waals surface area contributed by atoms with Crippen LogP contribution in [0, 0.1) is 11.3 Å². The number of thiazole rings is 1. The maximum atomic E-state index is 14.6. The summed E-state index contributed by atoms with van der Waals surface area (Å²) in [5.41, 5.74) is -1.11. The molecule has 0 radical (unpaired) electrons. The second-order valence-corrected chi connectivity index (χ2v) is 16.1. The Morgan fingerprint density at radius 3 is 2.45 bits per heavy atom. The van der Waals surface area contributed by atoms with Gasteiger partial charge in [0.2, 0.25) is 11.8 Å². The van der Waals surface area contributed by atoms with E-state index in [1.807, 2.05) is 18.2 Å². The summed E-state index contributed by atoms with van der Waals surface area (Å²) < 4.78 is 22.5. The molecule has 5 unspecified atom stereocenters. The number of benzene rings is 2. The number of likely N-dealkylation sites (tertiary alicyclic amines) is 1. The number of methoxy groups -OCH3 is 2. The summed E-state index contributed by atoms with van der Waals surface area (Å²) in [6, 6.07) is 6.96. The highest BCUT2D eigenvalue weighted by Crippen LogP contribution is 2.45. The van der Waals surface area contributed by atoms with E-state index in [-0.39, 0.29) is 25.5 Å². The number of carbonyl (C=O) groups is 5. The fourth-order valence-corrected chi connectivity index (χ4v) is 7.99. The number of amides is 4. The zero-order valence-electron chi connectivity index (χ0n) is 31.5. The lowest BCUT2D eigenvalue weighted by Gasteiger charge is -2.35. The zero-order chi connectivity index (χ0) is 39.7. The Morgan fingerprint density at radius 1 is 1.07 bits per heavy atom. The Morgan fingerprint density at radius 2 is 1.82 bits per heavy atom. The molecule has 4 N–H and O–H groups in total. The van der Waals surface area contributed by atoms with E-state index in [2.05, 4.69) is 27.5 Å². The highest BCUT2D eigenvalue weighted by Gasteiger charge is 2.61. The van der Waals surface area contributed by atoms with Crippen LogP contribution in [0.4, 0.5) is 14.7 Å². The van der Waals surface area contributed by atoms with Crippen LogP contribution in [0.15, 0.2) is 48.4 Å². The lowest BCUT2D eigenvalue weighted by Crippen LogP contribution is -2.59. The molecule has 2 saturated carbocycles. The van der Waals surface area contributed by atoms with E-state index in [0.29, 0.717) is 27.9 Å². The number of rotatable bonds is 12. The van der Waals surface area contributed by atoms with Crippen molar-refractivity contribution in [1.29, 1.82) is 0 Å². The molecule has 0 spiro atoms. The average Bonchev–Trinajstić information content (AvgIpc) is 3.56. The minimum Gasteiger partial charge on any atom is -0.497 e. The Balaban J connectivity index is 1.32. The van der Waals surface area contributed by atoms with Gasteiger partial charge in [-0.1, -0.05) is 26.8 Å². The number of alkyl carbamates (subject to hydrolysis) is 1. The predicted octanol–water partition coefficient (Wildman–Crippen LogP) is 5.73. The van der Waals surface area contributed by atoms with Crippen molar-refractivity contribution < 1.29 is 48.0 Å². The van der Waals surface area contributed by atoms with E-state index < -0.39 is 65.0 Å². The van der Waals surface area contributed by atoms with Crippen LogP contribution in [-0.4, -0.2) is 95.6 Å². The monoisotopic (exact) mass is 777 g/mol. The third-order valence-electron chi connectivity index (χ3n) is 10.4. The fourth-order valence-electron chi connectivity index (χ4n) is 7.28. The number of carboxylic acid groups (broad SMARTS) is 1. The van der Waals surface area contributed by atoms with Gasteiger partial charge in [-0.3, -0.25) is 14.9 Å². The van der Waals surface area contributed by atoms with Crippen molar-refractivity contribution in [2.75, 3.05) is 26.1 Å². The van der Waals surface area contributed by atoms with Crippen LogP contribution >= 0.6 is 11.3 Å². The molecule has 4 amide bonds. The molecule has 15 nitrogen and oxygen atoms in total. The number of fused-ring (bicyclic) bond motifs is 1. The lowest BCUT2D eigenvalue weighted by atomic mass is 9.85. The summed E-state index contributed by atoms with van der Waals surface area (Å²) in [6.07, 6.45) is 2.80. The standard InChI is InChI=1S/C39H47N5O10S/c1-7-23-18-39(23,34(47)48)43-32(45)29-17-26(19-44(29)33(46)31(38(2,3)4)41-37(50)54-24-10-8-9-11-24)53-30-16-22(14-21-15-25(51-5)12-13-27(21)30)28-20-55-35(40-28)42-36(49)52-6/h7,12-16,20,23-24,26,29,31H,1,8-11,17-19H2,2-6H3,(H,41,50)(H,43,45)(H,47,48)(H,40,42,49). The van der Waals surface area contributed by atoms with E-state index in [4.69, 9.17) is 18.9 Å². The topological polar surface area (TPSA) is 195 Å². The van der Waals surface area contributed by atoms with E-state index in [9.17, 15) is 29.1 Å². The molecule has 1 aliphatic heterocycles. The van der Waals surface area contributed by atoms with Crippen molar-refractivity contribution in [3.05, 3.63) is 48.4 Å².